The van der Waals surface area contributed by atoms with E-state index in [1.807, 2.05) is 25.1 Å². The molecule has 5 atom stereocenters. The number of imide groups is 1. The molecule has 8 heteroatoms. The van der Waals surface area contributed by atoms with Gasteiger partial charge < -0.3 is 15.2 Å². The molecule has 0 saturated carbocycles. The van der Waals surface area contributed by atoms with Crippen molar-refractivity contribution in [3.8, 4) is 0 Å². The molecular weight excluding hydrogens is 374 g/mol. The smallest absolute Gasteiger partial charge is 0.250 e. The molecule has 8 nitrogen and oxygen atoms in total. The first kappa shape index (κ1) is 20.0. The summed E-state index contributed by atoms with van der Waals surface area (Å²) in [5, 5.41) is 16.5. The minimum absolute atomic E-state index is 0.241. The second kappa shape index (κ2) is 7.19. The summed E-state index contributed by atoms with van der Waals surface area (Å²) in [7, 11) is 1.57. The quantitative estimate of drug-likeness (QED) is 0.470. The maximum Gasteiger partial charge on any atom is 0.250 e. The number of aliphatic hydroxyl groups excluding tert-OH is 1. The fourth-order valence-electron chi connectivity index (χ4n) is 5.06. The first-order valence-corrected chi connectivity index (χ1v) is 10.1. The van der Waals surface area contributed by atoms with Gasteiger partial charge in [0.25, 0.3) is 0 Å². The zero-order chi connectivity index (χ0) is 20.9. The van der Waals surface area contributed by atoms with E-state index in [0.717, 1.165) is 12.0 Å². The summed E-state index contributed by atoms with van der Waals surface area (Å²) >= 11 is 0. The van der Waals surface area contributed by atoms with Crippen molar-refractivity contribution in [2.75, 3.05) is 25.6 Å². The molecule has 3 aliphatic rings. The average molecular weight is 401 g/mol. The topological polar surface area (TPSA) is 108 Å². The Labute approximate surface area is 169 Å². The largest absolute Gasteiger partial charge is 0.392 e. The summed E-state index contributed by atoms with van der Waals surface area (Å²) < 4.78 is 5.04. The van der Waals surface area contributed by atoms with Crippen molar-refractivity contribution < 1.29 is 24.2 Å². The first-order valence-electron chi connectivity index (χ1n) is 10.1. The zero-order valence-corrected chi connectivity index (χ0v) is 16.9. The van der Waals surface area contributed by atoms with Gasteiger partial charge in [0.2, 0.25) is 17.7 Å². The van der Waals surface area contributed by atoms with E-state index in [-0.39, 0.29) is 24.3 Å². The Hall–Kier alpha value is -2.29. The van der Waals surface area contributed by atoms with Gasteiger partial charge in [-0.2, -0.15) is 0 Å². The standard InChI is InChI=1S/C21H27N3O5/c1-4-12-6-7-14-13(10-12)21(20(28)22-14)16-15(17(23-21)11(2)25)18(26)24(19(16)27)8-5-9-29-3/h6-7,10-11,15-17,23,25H,4-5,8-9H2,1-3H3,(H,22,28)/t11-,15-,16-,17+,21+/m0/s1. The van der Waals surface area contributed by atoms with E-state index < -0.39 is 29.5 Å². The van der Waals surface area contributed by atoms with Crippen molar-refractivity contribution in [1.82, 2.24) is 10.2 Å². The lowest BCUT2D eigenvalue weighted by Gasteiger charge is -2.30. The van der Waals surface area contributed by atoms with Gasteiger partial charge in [-0.1, -0.05) is 19.1 Å². The van der Waals surface area contributed by atoms with Crippen molar-refractivity contribution in [3.05, 3.63) is 29.3 Å². The second-order valence-corrected chi connectivity index (χ2v) is 8.08. The molecule has 0 unspecified atom stereocenters. The highest BCUT2D eigenvalue weighted by atomic mass is 16.5. The highest BCUT2D eigenvalue weighted by Crippen LogP contribution is 2.53. The van der Waals surface area contributed by atoms with Gasteiger partial charge in [0.15, 0.2) is 0 Å². The van der Waals surface area contributed by atoms with Crippen molar-refractivity contribution in [2.45, 2.75) is 44.4 Å². The summed E-state index contributed by atoms with van der Waals surface area (Å²) in [5.41, 5.74) is 1.00. The third-order valence-electron chi connectivity index (χ3n) is 6.46. The molecule has 3 aliphatic heterocycles. The summed E-state index contributed by atoms with van der Waals surface area (Å²) in [6, 6.07) is 5.01. The molecule has 0 aromatic heterocycles. The summed E-state index contributed by atoms with van der Waals surface area (Å²) in [4.78, 5) is 41.0. The summed E-state index contributed by atoms with van der Waals surface area (Å²) in [6.45, 7) is 4.27. The molecule has 3 heterocycles. The monoisotopic (exact) mass is 401 g/mol. The molecule has 4 rings (SSSR count). The number of anilines is 1. The van der Waals surface area contributed by atoms with Gasteiger partial charge in [-0.25, -0.2) is 0 Å². The maximum atomic E-state index is 13.4. The van der Waals surface area contributed by atoms with Crippen LogP contribution in [0.15, 0.2) is 18.2 Å². The van der Waals surface area contributed by atoms with Crippen molar-refractivity contribution in [1.29, 1.82) is 0 Å². The predicted octanol–water partition coefficient (Wildman–Crippen LogP) is 0.387. The Balaban J connectivity index is 1.81. The van der Waals surface area contributed by atoms with Crippen molar-refractivity contribution in [3.63, 3.8) is 0 Å². The van der Waals surface area contributed by atoms with Crippen LogP contribution in [0.2, 0.25) is 0 Å². The number of rotatable bonds is 6. The number of hydrogen-bond acceptors (Lipinski definition) is 6. The van der Waals surface area contributed by atoms with E-state index in [1.165, 1.54) is 4.90 Å². The van der Waals surface area contributed by atoms with Crippen LogP contribution >= 0.6 is 0 Å². The first-order chi connectivity index (χ1) is 13.9. The van der Waals surface area contributed by atoms with Gasteiger partial charge in [0.1, 0.15) is 5.54 Å². The number of hydrogen-bond donors (Lipinski definition) is 3. The molecule has 3 N–H and O–H groups in total. The second-order valence-electron chi connectivity index (χ2n) is 8.08. The Kier molecular flexibility index (Phi) is 4.96. The van der Waals surface area contributed by atoms with Crippen LogP contribution in [0.1, 0.15) is 31.4 Å². The Bertz CT molecular complexity index is 870. The average Bonchev–Trinajstić information content (AvgIpc) is 3.28. The van der Waals surface area contributed by atoms with Crippen LogP contribution in [0.3, 0.4) is 0 Å². The Morgan fingerprint density at radius 2 is 2.03 bits per heavy atom. The molecule has 2 fully saturated rings. The molecule has 1 spiro atoms. The van der Waals surface area contributed by atoms with Gasteiger partial charge in [-0.3, -0.25) is 24.6 Å². The molecule has 1 aromatic rings. The lowest BCUT2D eigenvalue weighted by molar-refractivity contribution is -0.143. The number of aryl methyl sites for hydroxylation is 1. The fraction of sp³-hybridized carbons (Fsp3) is 0.571. The van der Waals surface area contributed by atoms with Crippen molar-refractivity contribution in [2.24, 2.45) is 11.8 Å². The minimum Gasteiger partial charge on any atom is -0.392 e. The number of benzene rings is 1. The van der Waals surface area contributed by atoms with Crippen LogP contribution in [-0.2, 0) is 31.1 Å². The number of ether oxygens (including phenoxy) is 1. The van der Waals surface area contributed by atoms with Crippen LogP contribution in [-0.4, -0.2) is 60.1 Å². The molecule has 3 amide bonds. The van der Waals surface area contributed by atoms with E-state index in [9.17, 15) is 19.5 Å². The molecule has 1 aromatic carbocycles. The zero-order valence-electron chi connectivity index (χ0n) is 16.9. The summed E-state index contributed by atoms with van der Waals surface area (Å²) in [5.74, 6) is -2.72. The number of carbonyl (C=O) groups excluding carboxylic acids is 3. The molecule has 2 saturated heterocycles. The Morgan fingerprint density at radius 3 is 2.69 bits per heavy atom. The molecule has 0 aliphatic carbocycles. The van der Waals surface area contributed by atoms with Gasteiger partial charge in [-0.05, 0) is 31.4 Å². The lowest BCUT2D eigenvalue weighted by Crippen LogP contribution is -2.54. The van der Waals surface area contributed by atoms with Crippen LogP contribution < -0.4 is 10.6 Å². The van der Waals surface area contributed by atoms with Gasteiger partial charge in [0, 0.05) is 37.6 Å². The number of aliphatic hydroxyl groups is 1. The number of amides is 3. The van der Waals surface area contributed by atoms with Crippen LogP contribution in [0, 0.1) is 11.8 Å². The van der Waals surface area contributed by atoms with Crippen LogP contribution in [0.5, 0.6) is 0 Å². The minimum atomic E-state index is -1.35. The number of fused-ring (bicyclic) bond motifs is 4. The van der Waals surface area contributed by atoms with E-state index in [2.05, 4.69) is 10.6 Å². The van der Waals surface area contributed by atoms with E-state index in [1.54, 1.807) is 14.0 Å². The maximum absolute atomic E-state index is 13.4. The highest BCUT2D eigenvalue weighted by Gasteiger charge is 2.70. The molecular formula is C21H27N3O5. The van der Waals surface area contributed by atoms with E-state index >= 15 is 0 Å². The predicted molar refractivity (Wildman–Crippen MR) is 105 cm³/mol. The summed E-state index contributed by atoms with van der Waals surface area (Å²) in [6.07, 6.45) is 0.404. The number of carbonyl (C=O) groups is 3. The molecule has 156 valence electrons. The Morgan fingerprint density at radius 1 is 1.28 bits per heavy atom. The third kappa shape index (κ3) is 2.73. The van der Waals surface area contributed by atoms with Crippen molar-refractivity contribution >= 4 is 23.4 Å². The van der Waals surface area contributed by atoms with Gasteiger partial charge >= 0.3 is 0 Å². The van der Waals surface area contributed by atoms with Crippen LogP contribution in [0.4, 0.5) is 5.69 Å². The number of nitrogens with zero attached hydrogens (tertiary/aromatic N) is 1. The van der Waals surface area contributed by atoms with E-state index in [0.29, 0.717) is 24.3 Å². The third-order valence-corrected chi connectivity index (χ3v) is 6.46. The normalized spacial score (nSPS) is 31.4. The van der Waals surface area contributed by atoms with Gasteiger partial charge in [-0.15, -0.1) is 0 Å². The fourth-order valence-corrected chi connectivity index (χ4v) is 5.06. The lowest BCUT2D eigenvalue weighted by atomic mass is 9.76. The van der Waals surface area contributed by atoms with Crippen LogP contribution in [0.25, 0.3) is 0 Å². The molecule has 0 radical (unpaired) electrons. The van der Waals surface area contributed by atoms with E-state index in [4.69, 9.17) is 4.74 Å². The van der Waals surface area contributed by atoms with Gasteiger partial charge in [0.05, 0.1) is 17.9 Å². The number of methoxy groups -OCH3 is 1. The highest BCUT2D eigenvalue weighted by molar-refractivity contribution is 6.15. The SMILES string of the molecule is CCc1ccc2c(c1)[C@]1(N[C@H]([C@H](C)O)[C@H]3C(=O)N(CCCOC)C(=O)[C@H]31)C(=O)N2. The number of nitrogens with one attached hydrogen (secondary N) is 2. The molecule has 29 heavy (non-hydrogen) atoms. The molecule has 0 bridgehead atoms. The number of likely N-dealkylation sites (tertiary alicyclic amines) is 1.